The van der Waals surface area contributed by atoms with Crippen molar-refractivity contribution in [1.29, 1.82) is 0 Å². The Balaban J connectivity index is 1.46. The molecule has 3 aromatic rings. The van der Waals surface area contributed by atoms with E-state index in [4.69, 9.17) is 11.6 Å². The molecule has 1 aliphatic heterocycles. The lowest BCUT2D eigenvalue weighted by atomic mass is 9.97. The van der Waals surface area contributed by atoms with Gasteiger partial charge in [-0.25, -0.2) is 19.6 Å². The topological polar surface area (TPSA) is 88.8 Å². The minimum Gasteiger partial charge on any atom is -0.356 e. The van der Waals surface area contributed by atoms with Crippen LogP contribution in [0.2, 0.25) is 5.02 Å². The maximum Gasteiger partial charge on any atom is 0.229 e. The molecule has 4 rings (SSSR count). The van der Waals surface area contributed by atoms with Gasteiger partial charge in [-0.3, -0.25) is 4.79 Å². The smallest absolute Gasteiger partial charge is 0.229 e. The van der Waals surface area contributed by atoms with E-state index in [2.05, 4.69) is 30.3 Å². The Kier molecular flexibility index (Phi) is 5.21. The molecule has 28 heavy (non-hydrogen) atoms. The van der Waals surface area contributed by atoms with Crippen molar-refractivity contribution in [3.63, 3.8) is 0 Å². The molecule has 8 nitrogen and oxygen atoms in total. The molecule has 1 aliphatic rings. The zero-order valence-corrected chi connectivity index (χ0v) is 16.2. The molecule has 1 saturated heterocycles. The van der Waals surface area contributed by atoms with Crippen molar-refractivity contribution in [2.75, 3.05) is 23.3 Å². The number of hydrogen-bond donors (Lipinski definition) is 1. The third-order valence-corrected chi connectivity index (χ3v) is 5.25. The predicted molar refractivity (Wildman–Crippen MR) is 107 cm³/mol. The Bertz CT molecular complexity index is 976. The second-order valence-electron chi connectivity index (χ2n) is 6.81. The molecule has 1 aromatic carbocycles. The number of carbonyl (C=O) groups excluding carboxylic acids is 1. The summed E-state index contributed by atoms with van der Waals surface area (Å²) >= 11 is 6.16. The minimum absolute atomic E-state index is 0.00447. The number of amides is 1. The first kappa shape index (κ1) is 18.4. The maximum atomic E-state index is 12.8. The molecule has 1 amide bonds. The van der Waals surface area contributed by atoms with Crippen molar-refractivity contribution < 1.29 is 4.79 Å². The normalized spacial score (nSPS) is 16.8. The summed E-state index contributed by atoms with van der Waals surface area (Å²) in [7, 11) is 0. The number of piperidine rings is 1. The summed E-state index contributed by atoms with van der Waals surface area (Å²) in [6, 6.07) is 7.41. The van der Waals surface area contributed by atoms with Gasteiger partial charge in [-0.05, 0) is 37.5 Å². The van der Waals surface area contributed by atoms with Crippen molar-refractivity contribution >= 4 is 29.0 Å². The van der Waals surface area contributed by atoms with E-state index in [0.717, 1.165) is 30.8 Å². The highest BCUT2D eigenvalue weighted by atomic mass is 35.5. The van der Waals surface area contributed by atoms with Crippen molar-refractivity contribution in [2.24, 2.45) is 5.92 Å². The zero-order valence-electron chi connectivity index (χ0n) is 15.4. The molecule has 0 saturated carbocycles. The molecule has 0 aliphatic carbocycles. The number of halogens is 1. The summed E-state index contributed by atoms with van der Waals surface area (Å²) in [5.74, 6) is 1.29. The average molecular weight is 398 g/mol. The third-order valence-electron chi connectivity index (χ3n) is 4.85. The second kappa shape index (κ2) is 7.93. The van der Waals surface area contributed by atoms with E-state index in [1.807, 2.05) is 25.1 Å². The summed E-state index contributed by atoms with van der Waals surface area (Å²) in [4.78, 5) is 27.4. The Morgan fingerprint density at radius 1 is 1.21 bits per heavy atom. The Morgan fingerprint density at radius 3 is 2.86 bits per heavy atom. The first-order chi connectivity index (χ1) is 13.6. The number of anilines is 2. The third kappa shape index (κ3) is 3.96. The highest BCUT2D eigenvalue weighted by molar-refractivity contribution is 6.31. The van der Waals surface area contributed by atoms with Crippen LogP contribution < -0.4 is 10.2 Å². The molecule has 0 radical (unpaired) electrons. The van der Waals surface area contributed by atoms with E-state index in [1.165, 1.54) is 12.7 Å². The highest BCUT2D eigenvalue weighted by Gasteiger charge is 2.27. The van der Waals surface area contributed by atoms with Crippen LogP contribution in [-0.4, -0.2) is 43.7 Å². The van der Waals surface area contributed by atoms with Gasteiger partial charge in [0.05, 0.1) is 5.92 Å². The summed E-state index contributed by atoms with van der Waals surface area (Å²) < 4.78 is 1.58. The number of benzene rings is 1. The van der Waals surface area contributed by atoms with Gasteiger partial charge in [-0.2, -0.15) is 5.10 Å². The summed E-state index contributed by atoms with van der Waals surface area (Å²) in [5.41, 5.74) is 1.70. The fourth-order valence-electron chi connectivity index (χ4n) is 3.28. The van der Waals surface area contributed by atoms with Crippen LogP contribution in [-0.2, 0) is 4.79 Å². The first-order valence-corrected chi connectivity index (χ1v) is 9.47. The van der Waals surface area contributed by atoms with Crippen LogP contribution in [0.1, 0.15) is 18.4 Å². The van der Waals surface area contributed by atoms with Gasteiger partial charge >= 0.3 is 0 Å². The van der Waals surface area contributed by atoms with Crippen LogP contribution in [0.3, 0.4) is 0 Å². The van der Waals surface area contributed by atoms with Crippen LogP contribution >= 0.6 is 11.6 Å². The average Bonchev–Trinajstić information content (AvgIpc) is 3.26. The summed E-state index contributed by atoms with van der Waals surface area (Å²) in [5, 5.41) is 7.72. The van der Waals surface area contributed by atoms with E-state index in [1.54, 1.807) is 17.1 Å². The van der Waals surface area contributed by atoms with Crippen molar-refractivity contribution in [2.45, 2.75) is 19.8 Å². The number of carbonyl (C=O) groups is 1. The number of rotatable bonds is 4. The molecule has 0 bridgehead atoms. The van der Waals surface area contributed by atoms with Gasteiger partial charge in [-0.1, -0.05) is 17.7 Å². The molecule has 1 atom stereocenters. The van der Waals surface area contributed by atoms with E-state index >= 15 is 0 Å². The molecule has 3 heterocycles. The number of hydrogen-bond acceptors (Lipinski definition) is 6. The van der Waals surface area contributed by atoms with Gasteiger partial charge in [0.1, 0.15) is 24.8 Å². The molecule has 0 spiro atoms. The minimum atomic E-state index is -0.126. The standard InChI is InChI=1S/C19H20ClN7O/c1-13-4-5-15(7-16(13)20)25-19(28)14-3-2-6-26(9-14)17-8-18(23-11-22-17)27-12-21-10-24-27/h4-5,7-8,10-12,14H,2-3,6,9H2,1H3,(H,25,28). The highest BCUT2D eigenvalue weighted by Crippen LogP contribution is 2.25. The summed E-state index contributed by atoms with van der Waals surface area (Å²) in [6.07, 6.45) is 6.30. The Hall–Kier alpha value is -3.00. The lowest BCUT2D eigenvalue weighted by molar-refractivity contribution is -0.120. The molecule has 1 fully saturated rings. The summed E-state index contributed by atoms with van der Waals surface area (Å²) in [6.45, 7) is 3.37. The zero-order chi connectivity index (χ0) is 19.5. The van der Waals surface area contributed by atoms with Gasteiger partial charge in [0.2, 0.25) is 5.91 Å². The largest absolute Gasteiger partial charge is 0.356 e. The number of aryl methyl sites for hydroxylation is 1. The SMILES string of the molecule is Cc1ccc(NC(=O)C2CCCN(c3cc(-n4cncn4)ncn3)C2)cc1Cl. The molecule has 9 heteroatoms. The Labute approximate surface area is 167 Å². The van der Waals surface area contributed by atoms with Gasteiger partial charge in [0.15, 0.2) is 5.82 Å². The molecule has 1 N–H and O–H groups in total. The van der Waals surface area contributed by atoms with Crippen LogP contribution in [0.4, 0.5) is 11.5 Å². The van der Waals surface area contributed by atoms with Crippen LogP contribution in [0.5, 0.6) is 0 Å². The van der Waals surface area contributed by atoms with Crippen LogP contribution in [0, 0.1) is 12.8 Å². The quantitative estimate of drug-likeness (QED) is 0.728. The maximum absolute atomic E-state index is 12.8. The van der Waals surface area contributed by atoms with E-state index in [0.29, 0.717) is 23.1 Å². The van der Waals surface area contributed by atoms with E-state index in [9.17, 15) is 4.79 Å². The lowest BCUT2D eigenvalue weighted by Gasteiger charge is -2.32. The second-order valence-corrected chi connectivity index (χ2v) is 7.22. The van der Waals surface area contributed by atoms with Gasteiger partial charge in [-0.15, -0.1) is 0 Å². The van der Waals surface area contributed by atoms with Gasteiger partial charge < -0.3 is 10.2 Å². The molecular weight excluding hydrogens is 378 g/mol. The molecular formula is C19H20ClN7O. The van der Waals surface area contributed by atoms with Crippen LogP contribution in [0.15, 0.2) is 43.2 Å². The molecule has 144 valence electrons. The van der Waals surface area contributed by atoms with Crippen LogP contribution in [0.25, 0.3) is 5.82 Å². The van der Waals surface area contributed by atoms with E-state index < -0.39 is 0 Å². The number of nitrogens with one attached hydrogen (secondary N) is 1. The Morgan fingerprint density at radius 2 is 2.07 bits per heavy atom. The lowest BCUT2D eigenvalue weighted by Crippen LogP contribution is -2.41. The fraction of sp³-hybridized carbons (Fsp3) is 0.316. The number of aromatic nitrogens is 5. The number of nitrogens with zero attached hydrogens (tertiary/aromatic N) is 6. The van der Waals surface area contributed by atoms with E-state index in [-0.39, 0.29) is 11.8 Å². The first-order valence-electron chi connectivity index (χ1n) is 9.09. The van der Waals surface area contributed by atoms with Crippen molar-refractivity contribution in [1.82, 2.24) is 24.7 Å². The van der Waals surface area contributed by atoms with Crippen molar-refractivity contribution in [3.8, 4) is 5.82 Å². The van der Waals surface area contributed by atoms with Crippen molar-refractivity contribution in [3.05, 3.63) is 53.8 Å². The predicted octanol–water partition coefficient (Wildman–Crippen LogP) is 2.87. The monoisotopic (exact) mass is 397 g/mol. The fourth-order valence-corrected chi connectivity index (χ4v) is 3.46. The van der Waals surface area contributed by atoms with Gasteiger partial charge in [0, 0.05) is 29.9 Å². The van der Waals surface area contributed by atoms with Gasteiger partial charge in [0.25, 0.3) is 0 Å². The molecule has 1 unspecified atom stereocenters. The molecule has 2 aromatic heterocycles.